The van der Waals surface area contributed by atoms with Crippen molar-refractivity contribution in [3.8, 4) is 11.3 Å². The average molecular weight is 365 g/mol. The lowest BCUT2D eigenvalue weighted by molar-refractivity contribution is -0.131. The quantitative estimate of drug-likeness (QED) is 0.833. The molecule has 0 radical (unpaired) electrons. The lowest BCUT2D eigenvalue weighted by atomic mass is 9.78. The number of aryl methyl sites for hydroxylation is 1. The fourth-order valence-corrected chi connectivity index (χ4v) is 3.03. The summed E-state index contributed by atoms with van der Waals surface area (Å²) in [5.41, 5.74) is 0.574. The van der Waals surface area contributed by atoms with Crippen molar-refractivity contribution in [3.05, 3.63) is 35.6 Å². The largest absolute Gasteiger partial charge is 0.308 e. The number of nitrogens with zero attached hydrogens (tertiary/aromatic N) is 2. The Hall–Kier alpha value is -2.31. The van der Waals surface area contributed by atoms with Gasteiger partial charge < -0.3 is 5.32 Å². The van der Waals surface area contributed by atoms with Gasteiger partial charge in [-0.05, 0) is 56.9 Å². The highest BCUT2D eigenvalue weighted by molar-refractivity contribution is 5.96. The molecule has 2 aromatic rings. The number of hydrogen-bond acceptors (Lipinski definition) is 2. The Morgan fingerprint density at radius 1 is 1.27 bits per heavy atom. The first-order valence-corrected chi connectivity index (χ1v) is 8.64. The Labute approximate surface area is 150 Å². The molecule has 26 heavy (non-hydrogen) atoms. The lowest BCUT2D eigenvalue weighted by Crippen LogP contribution is -2.37. The predicted molar refractivity (Wildman–Crippen MR) is 93.6 cm³/mol. The molecule has 1 aromatic heterocycles. The molecule has 1 heterocycles. The van der Waals surface area contributed by atoms with Crippen LogP contribution >= 0.6 is 0 Å². The molecule has 1 saturated carbocycles. The third kappa shape index (κ3) is 3.22. The van der Waals surface area contributed by atoms with Gasteiger partial charge in [-0.2, -0.15) is 5.10 Å². The number of hydrogen-bond donors (Lipinski definition) is 1. The molecule has 4 nitrogen and oxygen atoms in total. The van der Waals surface area contributed by atoms with Gasteiger partial charge in [0, 0.05) is 18.2 Å². The first kappa shape index (κ1) is 18.5. The lowest BCUT2D eigenvalue weighted by Gasteiger charge is -2.28. The first-order valence-electron chi connectivity index (χ1n) is 8.64. The number of anilines is 1. The fourth-order valence-electron chi connectivity index (χ4n) is 3.03. The monoisotopic (exact) mass is 365 g/mol. The van der Waals surface area contributed by atoms with Crippen LogP contribution in [0.2, 0.25) is 0 Å². The van der Waals surface area contributed by atoms with Gasteiger partial charge in [0.1, 0.15) is 11.2 Å². The smallest absolute Gasteiger partial charge is 0.252 e. The average Bonchev–Trinajstić information content (AvgIpc) is 2.82. The number of benzene rings is 1. The van der Waals surface area contributed by atoms with Crippen molar-refractivity contribution in [1.29, 1.82) is 0 Å². The fraction of sp³-hybridized carbons (Fsp3) is 0.474. The van der Waals surface area contributed by atoms with Crippen LogP contribution < -0.4 is 5.32 Å². The number of aromatic nitrogens is 2. The maximum atomic E-state index is 13.3. The number of carbonyl (C=O) groups is 1. The van der Waals surface area contributed by atoms with Crippen LogP contribution in [-0.4, -0.2) is 22.1 Å². The first-order chi connectivity index (χ1) is 12.2. The molecule has 0 saturated heterocycles. The van der Waals surface area contributed by atoms with Crippen molar-refractivity contribution >= 4 is 11.7 Å². The highest BCUT2D eigenvalue weighted by atomic mass is 19.3. The van der Waals surface area contributed by atoms with Gasteiger partial charge in [0.15, 0.2) is 5.82 Å². The van der Waals surface area contributed by atoms with Crippen molar-refractivity contribution in [3.63, 3.8) is 0 Å². The second-order valence-corrected chi connectivity index (χ2v) is 7.35. The van der Waals surface area contributed by atoms with E-state index in [4.69, 9.17) is 0 Å². The van der Waals surface area contributed by atoms with Gasteiger partial charge in [0.2, 0.25) is 5.91 Å². The topological polar surface area (TPSA) is 46.9 Å². The Bertz CT molecular complexity index is 808. The van der Waals surface area contributed by atoms with Crippen molar-refractivity contribution in [2.45, 2.75) is 45.5 Å². The highest BCUT2D eigenvalue weighted by Crippen LogP contribution is 2.45. The molecule has 0 bridgehead atoms. The van der Waals surface area contributed by atoms with Crippen molar-refractivity contribution in [2.24, 2.45) is 12.5 Å². The zero-order chi connectivity index (χ0) is 19.1. The van der Waals surface area contributed by atoms with E-state index >= 15 is 0 Å². The third-order valence-electron chi connectivity index (χ3n) is 5.08. The summed E-state index contributed by atoms with van der Waals surface area (Å²) < 4.78 is 41.2. The SMILES string of the molecule is Cn1nc(NC(=O)C(C)(C)C(F)F)c(C2CCC2)c1-c1ccc(F)cc1. The van der Waals surface area contributed by atoms with E-state index < -0.39 is 17.7 Å². The predicted octanol–water partition coefficient (Wildman–Crippen LogP) is 4.72. The Morgan fingerprint density at radius 2 is 1.88 bits per heavy atom. The number of nitrogens with one attached hydrogen (secondary N) is 1. The highest BCUT2D eigenvalue weighted by Gasteiger charge is 2.39. The van der Waals surface area contributed by atoms with Crippen LogP contribution in [0.4, 0.5) is 19.0 Å². The van der Waals surface area contributed by atoms with E-state index in [0.29, 0.717) is 5.82 Å². The van der Waals surface area contributed by atoms with Gasteiger partial charge in [0.05, 0.1) is 5.69 Å². The summed E-state index contributed by atoms with van der Waals surface area (Å²) in [6, 6.07) is 6.04. The van der Waals surface area contributed by atoms with Gasteiger partial charge in [0.25, 0.3) is 6.43 Å². The summed E-state index contributed by atoms with van der Waals surface area (Å²) in [5, 5.41) is 6.97. The molecule has 0 unspecified atom stereocenters. The van der Waals surface area contributed by atoms with Gasteiger partial charge in [-0.3, -0.25) is 9.48 Å². The van der Waals surface area contributed by atoms with Crippen LogP contribution in [0.5, 0.6) is 0 Å². The van der Waals surface area contributed by atoms with E-state index in [9.17, 15) is 18.0 Å². The molecular formula is C19H22F3N3O. The van der Waals surface area contributed by atoms with Crippen molar-refractivity contribution in [1.82, 2.24) is 9.78 Å². The van der Waals surface area contributed by atoms with Crippen molar-refractivity contribution in [2.75, 3.05) is 5.32 Å². The summed E-state index contributed by atoms with van der Waals surface area (Å²) in [5.74, 6) is -0.589. The molecular weight excluding hydrogens is 343 g/mol. The van der Waals surface area contributed by atoms with Crippen LogP contribution in [0.3, 0.4) is 0 Å². The molecule has 0 spiro atoms. The standard InChI is InChI=1S/C19H22F3N3O/c1-19(2,17(21)22)18(26)23-16-14(11-5-4-6-11)15(25(3)24-16)12-7-9-13(20)10-8-12/h7-11,17H,4-6H2,1-3H3,(H,23,24,26). The van der Waals surface area contributed by atoms with Crippen LogP contribution in [0.15, 0.2) is 24.3 Å². The second kappa shape index (κ2) is 6.78. The molecule has 3 rings (SSSR count). The van der Waals surface area contributed by atoms with Crippen LogP contribution in [0.1, 0.15) is 44.6 Å². The van der Waals surface area contributed by atoms with Gasteiger partial charge >= 0.3 is 0 Å². The van der Waals surface area contributed by atoms with E-state index in [-0.39, 0.29) is 11.7 Å². The summed E-state index contributed by atoms with van der Waals surface area (Å²) >= 11 is 0. The van der Waals surface area contributed by atoms with Gasteiger partial charge in [-0.15, -0.1) is 0 Å². The van der Waals surface area contributed by atoms with Gasteiger partial charge in [-0.25, -0.2) is 13.2 Å². The van der Waals surface area contributed by atoms with E-state index in [1.54, 1.807) is 23.9 Å². The number of halogens is 3. The number of carbonyl (C=O) groups excluding carboxylic acids is 1. The van der Waals surface area contributed by atoms with E-state index in [0.717, 1.165) is 36.1 Å². The normalized spacial score (nSPS) is 15.2. The zero-order valence-corrected chi connectivity index (χ0v) is 15.0. The molecule has 1 aliphatic rings. The van der Waals surface area contributed by atoms with Crippen LogP contribution in [0.25, 0.3) is 11.3 Å². The Kier molecular flexibility index (Phi) is 4.82. The molecule has 0 atom stereocenters. The molecule has 7 heteroatoms. The second-order valence-electron chi connectivity index (χ2n) is 7.35. The van der Waals surface area contributed by atoms with E-state index in [1.807, 2.05) is 0 Å². The van der Waals surface area contributed by atoms with Crippen LogP contribution in [-0.2, 0) is 11.8 Å². The Morgan fingerprint density at radius 3 is 2.38 bits per heavy atom. The van der Waals surface area contributed by atoms with E-state index in [1.165, 1.54) is 26.0 Å². The molecule has 0 aliphatic heterocycles. The third-order valence-corrected chi connectivity index (χ3v) is 5.08. The van der Waals surface area contributed by atoms with E-state index in [2.05, 4.69) is 10.4 Å². The molecule has 1 fully saturated rings. The minimum atomic E-state index is -2.78. The Balaban J connectivity index is 2.02. The minimum Gasteiger partial charge on any atom is -0.308 e. The molecule has 1 aliphatic carbocycles. The summed E-state index contributed by atoms with van der Waals surface area (Å²) in [6.07, 6.45) is 0.176. The molecule has 1 amide bonds. The number of amides is 1. The summed E-state index contributed by atoms with van der Waals surface area (Å²) in [7, 11) is 1.73. The summed E-state index contributed by atoms with van der Waals surface area (Å²) in [4.78, 5) is 12.4. The van der Waals surface area contributed by atoms with Gasteiger partial charge in [-0.1, -0.05) is 6.42 Å². The van der Waals surface area contributed by atoms with Crippen molar-refractivity contribution < 1.29 is 18.0 Å². The summed E-state index contributed by atoms with van der Waals surface area (Å²) in [6.45, 7) is 2.42. The molecule has 140 valence electrons. The van der Waals surface area contributed by atoms with Crippen LogP contribution in [0, 0.1) is 11.2 Å². The molecule has 1 aromatic carbocycles. The maximum absolute atomic E-state index is 13.3. The maximum Gasteiger partial charge on any atom is 0.252 e. The zero-order valence-electron chi connectivity index (χ0n) is 15.0. The molecule has 1 N–H and O–H groups in total. The number of rotatable bonds is 5. The number of alkyl halides is 2. The minimum absolute atomic E-state index is 0.203.